The van der Waals surface area contributed by atoms with Gasteiger partial charge in [-0.15, -0.1) is 0 Å². The van der Waals surface area contributed by atoms with Gasteiger partial charge in [-0.3, -0.25) is 14.3 Å². The number of halogens is 2. The fourth-order valence-corrected chi connectivity index (χ4v) is 3.88. The van der Waals surface area contributed by atoms with Crippen molar-refractivity contribution in [3.63, 3.8) is 0 Å². The minimum absolute atomic E-state index is 0.121. The summed E-state index contributed by atoms with van der Waals surface area (Å²) in [6, 6.07) is 3.10. The van der Waals surface area contributed by atoms with Crippen molar-refractivity contribution in [3.8, 4) is 0 Å². The Bertz CT molecular complexity index is 878. The summed E-state index contributed by atoms with van der Waals surface area (Å²) in [5.74, 6) is 0.447. The van der Waals surface area contributed by atoms with E-state index >= 15 is 0 Å². The van der Waals surface area contributed by atoms with Crippen LogP contribution in [0.1, 0.15) is 36.8 Å². The Hall–Kier alpha value is -2.03. The first-order valence-electron chi connectivity index (χ1n) is 8.74. The lowest BCUT2D eigenvalue weighted by Crippen LogP contribution is -2.41. The molecule has 26 heavy (non-hydrogen) atoms. The summed E-state index contributed by atoms with van der Waals surface area (Å²) in [6.45, 7) is 0.789. The van der Waals surface area contributed by atoms with Crippen LogP contribution in [-0.2, 0) is 17.8 Å². The number of carbonyl (C=O) groups is 1. The molecule has 7 nitrogen and oxygen atoms in total. The molecule has 2 aliphatic heterocycles. The van der Waals surface area contributed by atoms with Crippen LogP contribution < -0.4 is 5.69 Å². The van der Waals surface area contributed by atoms with Crippen LogP contribution in [0.25, 0.3) is 0 Å². The van der Waals surface area contributed by atoms with E-state index in [4.69, 9.17) is 0 Å². The van der Waals surface area contributed by atoms with E-state index in [1.54, 1.807) is 6.20 Å². The number of carbonyl (C=O) groups excluding carboxylic acids is 1. The third-order valence-electron chi connectivity index (χ3n) is 4.96. The van der Waals surface area contributed by atoms with Gasteiger partial charge in [0.05, 0.1) is 18.8 Å². The van der Waals surface area contributed by atoms with E-state index in [1.165, 1.54) is 14.1 Å². The number of likely N-dealkylation sites (tertiary alicyclic amines) is 1. The highest BCUT2D eigenvalue weighted by atomic mass is 79.9. The number of amides is 1. The molecule has 2 aliphatic rings. The normalized spacial score (nSPS) is 22.5. The molecule has 1 fully saturated rings. The van der Waals surface area contributed by atoms with E-state index in [2.05, 4.69) is 26.0 Å². The average Bonchev–Trinajstić information content (AvgIpc) is 3.20. The molecule has 2 aromatic rings. The molecule has 0 spiro atoms. The van der Waals surface area contributed by atoms with Gasteiger partial charge in [0.2, 0.25) is 5.91 Å². The number of nitrogens with zero attached hydrogens (tertiary/aromatic N) is 5. The molecule has 2 aromatic heterocycles. The quantitative estimate of drug-likeness (QED) is 0.752. The fourth-order valence-electron chi connectivity index (χ4n) is 3.65. The maximum atomic E-state index is 13.5. The van der Waals surface area contributed by atoms with Crippen molar-refractivity contribution < 1.29 is 9.18 Å². The highest BCUT2D eigenvalue weighted by Crippen LogP contribution is 2.26. The van der Waals surface area contributed by atoms with Crippen LogP contribution >= 0.6 is 15.9 Å². The zero-order valence-corrected chi connectivity index (χ0v) is 15.7. The van der Waals surface area contributed by atoms with Gasteiger partial charge >= 0.3 is 5.69 Å². The van der Waals surface area contributed by atoms with Gasteiger partial charge in [-0.05, 0) is 47.3 Å². The Morgan fingerprint density at radius 2 is 2.19 bits per heavy atom. The predicted octanol–water partition coefficient (Wildman–Crippen LogP) is 1.70. The van der Waals surface area contributed by atoms with Gasteiger partial charge < -0.3 is 4.90 Å². The number of hydrogen-bond acceptors (Lipinski definition) is 4. The highest BCUT2D eigenvalue weighted by Gasteiger charge is 2.36. The van der Waals surface area contributed by atoms with Crippen molar-refractivity contribution in [2.45, 2.75) is 44.4 Å². The summed E-state index contributed by atoms with van der Waals surface area (Å²) < 4.78 is 17.2. The maximum Gasteiger partial charge on any atom is 0.347 e. The Kier molecular flexibility index (Phi) is 4.64. The van der Waals surface area contributed by atoms with Gasteiger partial charge in [-0.1, -0.05) is 0 Å². The molecule has 4 rings (SSSR count). The van der Waals surface area contributed by atoms with Crippen molar-refractivity contribution in [1.82, 2.24) is 24.2 Å². The van der Waals surface area contributed by atoms with Crippen LogP contribution in [0.3, 0.4) is 0 Å². The van der Waals surface area contributed by atoms with Crippen LogP contribution in [0.2, 0.25) is 0 Å². The maximum absolute atomic E-state index is 13.5. The van der Waals surface area contributed by atoms with Crippen molar-refractivity contribution in [3.05, 3.63) is 44.8 Å². The fraction of sp³-hybridized carbons (Fsp3) is 0.529. The predicted molar refractivity (Wildman–Crippen MR) is 95.6 cm³/mol. The first kappa shape index (κ1) is 17.4. The lowest BCUT2D eigenvalue weighted by molar-refractivity contribution is -0.134. The molecule has 0 aliphatic carbocycles. The van der Waals surface area contributed by atoms with Crippen LogP contribution in [0.5, 0.6) is 0 Å². The average molecular weight is 424 g/mol. The van der Waals surface area contributed by atoms with Crippen LogP contribution in [0.15, 0.2) is 27.6 Å². The standard InChI is InChI=1S/C17H19BrFN5O2/c18-11-4-5-13(20-8-11)10-23-17(26)24-14(2-1-3-15(24)21-23)16(25)22-7-6-12(19)9-22/h4-5,8,12,14H,1-3,6-7,9-10H2/t12-,14-/m0/s1. The molecule has 0 saturated carbocycles. The van der Waals surface area contributed by atoms with E-state index in [0.717, 1.165) is 10.9 Å². The number of pyridine rings is 1. The van der Waals surface area contributed by atoms with E-state index in [9.17, 15) is 14.0 Å². The van der Waals surface area contributed by atoms with Crippen molar-refractivity contribution in [1.29, 1.82) is 0 Å². The Balaban J connectivity index is 1.62. The van der Waals surface area contributed by atoms with Gasteiger partial charge in [-0.25, -0.2) is 13.9 Å². The SMILES string of the molecule is O=C([C@@H]1CCCc2nn(Cc3ccc(Br)cn3)c(=O)n21)N1CC[C@H](F)C1. The van der Waals surface area contributed by atoms with Gasteiger partial charge in [0.25, 0.3) is 0 Å². The Labute approximate surface area is 157 Å². The summed E-state index contributed by atoms with van der Waals surface area (Å²) in [5.41, 5.74) is 0.409. The molecule has 1 saturated heterocycles. The second-order valence-corrected chi connectivity index (χ2v) is 7.69. The van der Waals surface area contributed by atoms with Gasteiger partial charge in [0.1, 0.15) is 18.0 Å². The summed E-state index contributed by atoms with van der Waals surface area (Å²) in [6.07, 6.45) is 3.10. The summed E-state index contributed by atoms with van der Waals surface area (Å²) >= 11 is 3.33. The molecule has 0 bridgehead atoms. The zero-order chi connectivity index (χ0) is 18.3. The monoisotopic (exact) mass is 423 g/mol. The summed E-state index contributed by atoms with van der Waals surface area (Å²) in [4.78, 5) is 31.5. The number of rotatable bonds is 3. The van der Waals surface area contributed by atoms with Gasteiger partial charge in [0, 0.05) is 23.6 Å². The molecule has 138 valence electrons. The first-order chi connectivity index (χ1) is 12.5. The van der Waals surface area contributed by atoms with E-state index in [-0.39, 0.29) is 24.7 Å². The second-order valence-electron chi connectivity index (χ2n) is 6.77. The molecule has 2 atom stereocenters. The molecular weight excluding hydrogens is 405 g/mol. The molecule has 1 amide bonds. The van der Waals surface area contributed by atoms with E-state index < -0.39 is 12.2 Å². The lowest BCUT2D eigenvalue weighted by Gasteiger charge is -2.26. The number of fused-ring (bicyclic) bond motifs is 1. The highest BCUT2D eigenvalue weighted by molar-refractivity contribution is 9.10. The first-order valence-corrected chi connectivity index (χ1v) is 9.54. The molecule has 0 radical (unpaired) electrons. The zero-order valence-electron chi connectivity index (χ0n) is 14.1. The third-order valence-corrected chi connectivity index (χ3v) is 5.43. The number of hydrogen-bond donors (Lipinski definition) is 0. The van der Waals surface area contributed by atoms with Gasteiger partial charge in [0.15, 0.2) is 0 Å². The van der Waals surface area contributed by atoms with Crippen molar-refractivity contribution >= 4 is 21.8 Å². The van der Waals surface area contributed by atoms with Gasteiger partial charge in [-0.2, -0.15) is 5.10 Å². The number of aryl methyl sites for hydroxylation is 1. The van der Waals surface area contributed by atoms with Crippen LogP contribution in [0, 0.1) is 0 Å². The molecule has 9 heteroatoms. The van der Waals surface area contributed by atoms with Crippen LogP contribution in [0.4, 0.5) is 4.39 Å². The number of alkyl halides is 1. The molecule has 0 aromatic carbocycles. The number of aromatic nitrogens is 4. The summed E-state index contributed by atoms with van der Waals surface area (Å²) in [5, 5.41) is 4.41. The van der Waals surface area contributed by atoms with E-state index in [1.807, 2.05) is 12.1 Å². The second kappa shape index (κ2) is 6.94. The Morgan fingerprint density at radius 1 is 1.35 bits per heavy atom. The topological polar surface area (TPSA) is 73.0 Å². The summed E-state index contributed by atoms with van der Waals surface area (Å²) in [7, 11) is 0. The third kappa shape index (κ3) is 3.20. The molecule has 0 N–H and O–H groups in total. The molecular formula is C17H19BrFN5O2. The molecule has 4 heterocycles. The smallest absolute Gasteiger partial charge is 0.338 e. The molecule has 0 unspecified atom stereocenters. The van der Waals surface area contributed by atoms with Crippen LogP contribution in [-0.4, -0.2) is 49.4 Å². The largest absolute Gasteiger partial charge is 0.347 e. The van der Waals surface area contributed by atoms with E-state index in [0.29, 0.717) is 37.3 Å². The minimum atomic E-state index is -0.968. The minimum Gasteiger partial charge on any atom is -0.338 e. The Morgan fingerprint density at radius 3 is 2.88 bits per heavy atom. The lowest BCUT2D eigenvalue weighted by atomic mass is 10.0. The van der Waals surface area contributed by atoms with Crippen molar-refractivity contribution in [2.75, 3.05) is 13.1 Å². The van der Waals surface area contributed by atoms with Crippen molar-refractivity contribution in [2.24, 2.45) is 0 Å².